The fraction of sp³-hybridized carbons (Fsp3) is 0.917. The molecule has 0 aromatic rings. The van der Waals surface area contributed by atoms with Gasteiger partial charge < -0.3 is 5.32 Å². The van der Waals surface area contributed by atoms with Crippen LogP contribution in [0, 0.1) is 5.92 Å². The summed E-state index contributed by atoms with van der Waals surface area (Å²) in [6, 6.07) is 0.416. The van der Waals surface area contributed by atoms with Crippen molar-refractivity contribution in [3.63, 3.8) is 0 Å². The van der Waals surface area contributed by atoms with Crippen LogP contribution in [0.4, 0.5) is 0 Å². The van der Waals surface area contributed by atoms with Crippen LogP contribution in [0.5, 0.6) is 0 Å². The molecule has 1 aliphatic heterocycles. The van der Waals surface area contributed by atoms with Gasteiger partial charge in [-0.2, -0.15) is 0 Å². The highest BCUT2D eigenvalue weighted by atomic mass is 32.2. The SMILES string of the molecule is CCC1(C)CCSC(=NC(C)C(C)C)N1. The first-order chi connectivity index (χ1) is 6.97. The maximum absolute atomic E-state index is 4.75. The zero-order valence-corrected chi connectivity index (χ0v) is 11.4. The third-order valence-electron chi connectivity index (χ3n) is 3.37. The predicted octanol–water partition coefficient (Wildman–Crippen LogP) is 3.28. The molecule has 0 bridgehead atoms. The lowest BCUT2D eigenvalue weighted by Crippen LogP contribution is -2.48. The average Bonchev–Trinajstić information content (AvgIpc) is 2.18. The third-order valence-corrected chi connectivity index (χ3v) is 4.26. The summed E-state index contributed by atoms with van der Waals surface area (Å²) in [6.07, 6.45) is 2.41. The summed E-state index contributed by atoms with van der Waals surface area (Å²) in [6.45, 7) is 11.2. The molecule has 3 heteroatoms. The van der Waals surface area contributed by atoms with Crippen molar-refractivity contribution < 1.29 is 0 Å². The molecular formula is C12H24N2S. The zero-order chi connectivity index (χ0) is 11.5. The minimum Gasteiger partial charge on any atom is -0.360 e. The van der Waals surface area contributed by atoms with E-state index in [0.29, 0.717) is 12.0 Å². The van der Waals surface area contributed by atoms with Crippen LogP contribution in [0.1, 0.15) is 47.5 Å². The Bertz CT molecular complexity index is 238. The van der Waals surface area contributed by atoms with Crippen LogP contribution < -0.4 is 5.32 Å². The van der Waals surface area contributed by atoms with Gasteiger partial charge in [-0.3, -0.25) is 4.99 Å². The van der Waals surface area contributed by atoms with E-state index in [2.05, 4.69) is 39.9 Å². The van der Waals surface area contributed by atoms with E-state index < -0.39 is 0 Å². The Morgan fingerprint density at radius 1 is 1.47 bits per heavy atom. The van der Waals surface area contributed by atoms with Gasteiger partial charge in [0.25, 0.3) is 0 Å². The molecule has 1 heterocycles. The van der Waals surface area contributed by atoms with Crippen molar-refractivity contribution in [3.05, 3.63) is 0 Å². The maximum atomic E-state index is 4.75. The first kappa shape index (κ1) is 12.9. The van der Waals surface area contributed by atoms with Crippen LogP contribution in [0.2, 0.25) is 0 Å². The summed E-state index contributed by atoms with van der Waals surface area (Å²) in [5.41, 5.74) is 0.265. The van der Waals surface area contributed by atoms with Gasteiger partial charge in [0.15, 0.2) is 5.17 Å². The standard InChI is InChI=1S/C12H24N2S/c1-6-12(5)7-8-15-11(14-12)13-10(4)9(2)3/h9-10H,6-8H2,1-5H3,(H,13,14). The van der Waals surface area contributed by atoms with Crippen LogP contribution in [-0.2, 0) is 0 Å². The number of hydrogen-bond donors (Lipinski definition) is 1. The molecule has 1 fully saturated rings. The third kappa shape index (κ3) is 3.71. The van der Waals surface area contributed by atoms with Gasteiger partial charge >= 0.3 is 0 Å². The molecule has 88 valence electrons. The van der Waals surface area contributed by atoms with Gasteiger partial charge in [0.2, 0.25) is 0 Å². The minimum atomic E-state index is 0.265. The number of nitrogens with one attached hydrogen (secondary N) is 1. The number of amidine groups is 1. The van der Waals surface area contributed by atoms with Gasteiger partial charge in [0.1, 0.15) is 0 Å². The summed E-state index contributed by atoms with van der Waals surface area (Å²) in [4.78, 5) is 4.75. The molecule has 0 amide bonds. The highest BCUT2D eigenvalue weighted by Crippen LogP contribution is 2.25. The molecule has 0 aromatic carbocycles. The van der Waals surface area contributed by atoms with E-state index in [9.17, 15) is 0 Å². The van der Waals surface area contributed by atoms with Gasteiger partial charge in [-0.25, -0.2) is 0 Å². The molecule has 0 aromatic heterocycles. The van der Waals surface area contributed by atoms with Gasteiger partial charge in [-0.1, -0.05) is 32.5 Å². The molecule has 0 spiro atoms. The lowest BCUT2D eigenvalue weighted by Gasteiger charge is -2.35. The van der Waals surface area contributed by atoms with Crippen molar-refractivity contribution in [3.8, 4) is 0 Å². The zero-order valence-electron chi connectivity index (χ0n) is 10.6. The van der Waals surface area contributed by atoms with Crippen LogP contribution >= 0.6 is 11.8 Å². The Kier molecular flexibility index (Phi) is 4.50. The molecule has 2 nitrogen and oxygen atoms in total. The number of rotatable bonds is 3. The molecule has 0 saturated carbocycles. The fourth-order valence-electron chi connectivity index (χ4n) is 1.40. The van der Waals surface area contributed by atoms with Crippen molar-refractivity contribution in [2.45, 2.75) is 59.0 Å². The second kappa shape index (κ2) is 5.24. The molecule has 2 atom stereocenters. The summed E-state index contributed by atoms with van der Waals surface area (Å²) in [5.74, 6) is 1.82. The second-order valence-electron chi connectivity index (χ2n) is 5.06. The molecule has 0 radical (unpaired) electrons. The predicted molar refractivity (Wildman–Crippen MR) is 70.6 cm³/mol. The Morgan fingerprint density at radius 2 is 2.13 bits per heavy atom. The summed E-state index contributed by atoms with van der Waals surface area (Å²) >= 11 is 1.87. The van der Waals surface area contributed by atoms with E-state index in [1.165, 1.54) is 18.6 Å². The molecule has 2 unspecified atom stereocenters. The van der Waals surface area contributed by atoms with Crippen LogP contribution in [0.3, 0.4) is 0 Å². The molecule has 0 aliphatic carbocycles. The summed E-state index contributed by atoms with van der Waals surface area (Å²) in [5, 5.41) is 4.72. The summed E-state index contributed by atoms with van der Waals surface area (Å²) in [7, 11) is 0. The van der Waals surface area contributed by atoms with Crippen molar-refractivity contribution in [2.24, 2.45) is 10.9 Å². The highest BCUT2D eigenvalue weighted by Gasteiger charge is 2.27. The van der Waals surface area contributed by atoms with E-state index in [1.807, 2.05) is 11.8 Å². The largest absolute Gasteiger partial charge is 0.360 e. The van der Waals surface area contributed by atoms with E-state index in [-0.39, 0.29) is 5.54 Å². The van der Waals surface area contributed by atoms with Crippen LogP contribution in [0.25, 0.3) is 0 Å². The normalized spacial score (nSPS) is 31.7. The topological polar surface area (TPSA) is 24.4 Å². The molecular weight excluding hydrogens is 204 g/mol. The smallest absolute Gasteiger partial charge is 0.157 e. The van der Waals surface area contributed by atoms with Gasteiger partial charge in [-0.05, 0) is 32.6 Å². The quantitative estimate of drug-likeness (QED) is 0.801. The molecule has 1 N–H and O–H groups in total. The molecule has 1 saturated heterocycles. The van der Waals surface area contributed by atoms with Gasteiger partial charge in [0, 0.05) is 11.3 Å². The second-order valence-corrected chi connectivity index (χ2v) is 6.14. The van der Waals surface area contributed by atoms with Crippen LogP contribution in [-0.4, -0.2) is 22.5 Å². The van der Waals surface area contributed by atoms with Crippen molar-refractivity contribution in [1.29, 1.82) is 0 Å². The van der Waals surface area contributed by atoms with E-state index >= 15 is 0 Å². The molecule has 1 rings (SSSR count). The molecule has 1 aliphatic rings. The summed E-state index contributed by atoms with van der Waals surface area (Å²) < 4.78 is 0. The first-order valence-electron chi connectivity index (χ1n) is 5.95. The van der Waals surface area contributed by atoms with E-state index in [0.717, 1.165) is 5.17 Å². The highest BCUT2D eigenvalue weighted by molar-refractivity contribution is 8.13. The maximum Gasteiger partial charge on any atom is 0.157 e. The number of hydrogen-bond acceptors (Lipinski definition) is 2. The monoisotopic (exact) mass is 228 g/mol. The number of thioether (sulfide) groups is 1. The first-order valence-corrected chi connectivity index (χ1v) is 6.94. The van der Waals surface area contributed by atoms with Crippen molar-refractivity contribution in [2.75, 3.05) is 5.75 Å². The Hall–Kier alpha value is -0.180. The van der Waals surface area contributed by atoms with E-state index in [1.54, 1.807) is 0 Å². The number of aliphatic imine (C=N–C) groups is 1. The van der Waals surface area contributed by atoms with E-state index in [4.69, 9.17) is 4.99 Å². The Labute approximate surface area is 98.3 Å². The average molecular weight is 228 g/mol. The van der Waals surface area contributed by atoms with Gasteiger partial charge in [0.05, 0.1) is 6.04 Å². The Morgan fingerprint density at radius 3 is 2.67 bits per heavy atom. The minimum absolute atomic E-state index is 0.265. The number of nitrogens with zero attached hydrogens (tertiary/aromatic N) is 1. The Balaban J connectivity index is 2.63. The van der Waals surface area contributed by atoms with Crippen molar-refractivity contribution in [1.82, 2.24) is 5.32 Å². The fourth-order valence-corrected chi connectivity index (χ4v) is 2.70. The molecule has 15 heavy (non-hydrogen) atoms. The van der Waals surface area contributed by atoms with Crippen molar-refractivity contribution >= 4 is 16.9 Å². The lowest BCUT2D eigenvalue weighted by atomic mass is 9.96. The van der Waals surface area contributed by atoms with Gasteiger partial charge in [-0.15, -0.1) is 0 Å². The van der Waals surface area contributed by atoms with Crippen LogP contribution in [0.15, 0.2) is 4.99 Å². The lowest BCUT2D eigenvalue weighted by molar-refractivity contribution is 0.388.